The highest BCUT2D eigenvalue weighted by molar-refractivity contribution is 7.94. The van der Waals surface area contributed by atoms with Crippen molar-refractivity contribution in [1.82, 2.24) is 0 Å². The van der Waals surface area contributed by atoms with Crippen molar-refractivity contribution in [3.05, 3.63) is 63.2 Å². The van der Waals surface area contributed by atoms with Gasteiger partial charge in [-0.25, -0.2) is 8.42 Å². The topological polar surface area (TPSA) is 66.5 Å². The number of hydrogen-bond acceptors (Lipinski definition) is 5. The van der Waals surface area contributed by atoms with Crippen LogP contribution in [0.25, 0.3) is 0 Å². The second kappa shape index (κ2) is 6.53. The van der Waals surface area contributed by atoms with E-state index in [1.165, 1.54) is 22.7 Å². The fraction of sp³-hybridized carbons (Fsp3) is 0.167. The van der Waals surface area contributed by atoms with Crippen molar-refractivity contribution >= 4 is 50.0 Å². The highest BCUT2D eigenvalue weighted by Gasteiger charge is 2.27. The number of hydrogen-bond donors (Lipinski definition) is 1. The van der Waals surface area contributed by atoms with Gasteiger partial charge in [-0.05, 0) is 60.7 Å². The smallest absolute Gasteiger partial charge is 0.271 e. The van der Waals surface area contributed by atoms with Crippen molar-refractivity contribution in [1.29, 1.82) is 0 Å². The van der Waals surface area contributed by atoms with E-state index in [4.69, 9.17) is 0 Å². The number of carbonyl (C=O) groups excluding carboxylic acids is 1. The summed E-state index contributed by atoms with van der Waals surface area (Å²) in [7, 11) is -3.59. The van der Waals surface area contributed by atoms with Crippen molar-refractivity contribution in [2.45, 2.75) is 17.6 Å². The summed E-state index contributed by atoms with van der Waals surface area (Å²) < 4.78 is 27.9. The van der Waals surface area contributed by atoms with Gasteiger partial charge in [0.1, 0.15) is 4.21 Å². The van der Waals surface area contributed by atoms with E-state index >= 15 is 0 Å². The third kappa shape index (κ3) is 3.15. The van der Waals surface area contributed by atoms with Gasteiger partial charge >= 0.3 is 0 Å². The molecule has 0 spiro atoms. The number of carbonyl (C=O) groups is 1. The molecule has 3 heterocycles. The maximum atomic E-state index is 12.6. The molecule has 0 aliphatic carbocycles. The van der Waals surface area contributed by atoms with Crippen molar-refractivity contribution < 1.29 is 13.2 Å². The molecule has 4 rings (SSSR count). The largest absolute Gasteiger partial charge is 0.307 e. The Morgan fingerprint density at radius 3 is 2.73 bits per heavy atom. The minimum atomic E-state index is -3.59. The number of aryl methyl sites for hydroxylation is 1. The second-order valence-corrected chi connectivity index (χ2v) is 10.1. The number of fused-ring (bicyclic) bond motifs is 1. The van der Waals surface area contributed by atoms with Gasteiger partial charge in [-0.3, -0.25) is 9.52 Å². The molecule has 8 heteroatoms. The summed E-state index contributed by atoms with van der Waals surface area (Å²) in [6, 6.07) is 12.4. The molecule has 2 aromatic heterocycles. The predicted molar refractivity (Wildman–Crippen MR) is 106 cm³/mol. The molecule has 0 fully saturated rings. The van der Waals surface area contributed by atoms with E-state index in [2.05, 4.69) is 4.72 Å². The van der Waals surface area contributed by atoms with E-state index in [9.17, 15) is 13.2 Å². The molecule has 134 valence electrons. The summed E-state index contributed by atoms with van der Waals surface area (Å²) in [6.45, 7) is 2.48. The molecule has 0 radical (unpaired) electrons. The SMILES string of the molecule is Cc1ccc(S(=O)(=O)Nc2ccc3c(c2)CCN3C(=O)c2cccs2)s1. The molecule has 1 N–H and O–H groups in total. The zero-order chi connectivity index (χ0) is 18.3. The summed E-state index contributed by atoms with van der Waals surface area (Å²) in [6.07, 6.45) is 0.708. The summed E-state index contributed by atoms with van der Waals surface area (Å²) in [5.41, 5.74) is 2.33. The lowest BCUT2D eigenvalue weighted by Gasteiger charge is -2.16. The number of amides is 1. The molecule has 0 saturated heterocycles. The number of thiophene rings is 2. The van der Waals surface area contributed by atoms with Gasteiger partial charge in [0, 0.05) is 22.8 Å². The van der Waals surface area contributed by atoms with Gasteiger partial charge in [-0.15, -0.1) is 22.7 Å². The maximum Gasteiger partial charge on any atom is 0.271 e. The normalized spacial score (nSPS) is 13.7. The highest BCUT2D eigenvalue weighted by Crippen LogP contribution is 2.33. The van der Waals surface area contributed by atoms with Crippen molar-refractivity contribution in [2.75, 3.05) is 16.2 Å². The Morgan fingerprint density at radius 2 is 2.04 bits per heavy atom. The lowest BCUT2D eigenvalue weighted by atomic mass is 10.1. The summed E-state index contributed by atoms with van der Waals surface area (Å²) in [5.74, 6) is -0.0128. The Morgan fingerprint density at radius 1 is 1.19 bits per heavy atom. The molecule has 26 heavy (non-hydrogen) atoms. The van der Waals surface area contributed by atoms with E-state index in [1.807, 2.05) is 36.6 Å². The first-order valence-electron chi connectivity index (χ1n) is 8.01. The zero-order valence-corrected chi connectivity index (χ0v) is 16.4. The monoisotopic (exact) mass is 404 g/mol. The van der Waals surface area contributed by atoms with Gasteiger partial charge < -0.3 is 4.90 Å². The fourth-order valence-electron chi connectivity index (χ4n) is 2.97. The minimum absolute atomic E-state index is 0.0128. The van der Waals surface area contributed by atoms with E-state index < -0.39 is 10.0 Å². The first-order chi connectivity index (χ1) is 12.4. The van der Waals surface area contributed by atoms with Gasteiger partial charge in [0.2, 0.25) is 0 Å². The molecule has 0 saturated carbocycles. The van der Waals surface area contributed by atoms with E-state index in [1.54, 1.807) is 23.1 Å². The number of nitrogens with zero attached hydrogens (tertiary/aromatic N) is 1. The Hall–Kier alpha value is -2.16. The fourth-order valence-corrected chi connectivity index (χ4v) is 5.98. The quantitative estimate of drug-likeness (QED) is 0.711. The Labute approximate surface area is 160 Å². The number of anilines is 2. The molecule has 3 aromatic rings. The van der Waals surface area contributed by atoms with Crippen LogP contribution in [-0.4, -0.2) is 20.9 Å². The number of rotatable bonds is 4. The third-order valence-electron chi connectivity index (χ3n) is 4.18. The summed E-state index contributed by atoms with van der Waals surface area (Å²) in [5, 5.41) is 1.88. The Balaban J connectivity index is 1.58. The van der Waals surface area contributed by atoms with Crippen LogP contribution >= 0.6 is 22.7 Å². The highest BCUT2D eigenvalue weighted by atomic mass is 32.2. The standard InChI is InChI=1S/C18H16N2O3S3/c1-12-4-7-17(25-12)26(22,23)19-14-5-6-15-13(11-14)8-9-20(15)18(21)16-3-2-10-24-16/h2-7,10-11,19H,8-9H2,1H3. The molecule has 1 aromatic carbocycles. The van der Waals surface area contributed by atoms with Gasteiger partial charge in [-0.1, -0.05) is 6.07 Å². The third-order valence-corrected chi connectivity index (χ3v) is 7.92. The lowest BCUT2D eigenvalue weighted by molar-refractivity contribution is 0.0993. The molecular formula is C18H16N2O3S3. The van der Waals surface area contributed by atoms with Crippen LogP contribution < -0.4 is 9.62 Å². The van der Waals surface area contributed by atoms with E-state index in [-0.39, 0.29) is 5.91 Å². The second-order valence-electron chi connectivity index (χ2n) is 6.00. The first kappa shape index (κ1) is 17.3. The zero-order valence-electron chi connectivity index (χ0n) is 13.9. The van der Waals surface area contributed by atoms with Crippen LogP contribution in [0.5, 0.6) is 0 Å². The average molecular weight is 405 g/mol. The maximum absolute atomic E-state index is 12.6. The van der Waals surface area contributed by atoms with Gasteiger partial charge in [0.25, 0.3) is 15.9 Å². The van der Waals surface area contributed by atoms with Crippen LogP contribution in [0.15, 0.2) is 52.1 Å². The molecular weight excluding hydrogens is 388 g/mol. The van der Waals surface area contributed by atoms with Crippen LogP contribution in [-0.2, 0) is 16.4 Å². The molecule has 0 bridgehead atoms. The van der Waals surface area contributed by atoms with Crippen molar-refractivity contribution in [3.8, 4) is 0 Å². The predicted octanol–water partition coefficient (Wildman–Crippen LogP) is 4.12. The molecule has 5 nitrogen and oxygen atoms in total. The molecule has 1 aliphatic heterocycles. The number of nitrogens with one attached hydrogen (secondary N) is 1. The van der Waals surface area contributed by atoms with Crippen molar-refractivity contribution in [3.63, 3.8) is 0 Å². The van der Waals surface area contributed by atoms with Crippen LogP contribution in [0.1, 0.15) is 20.1 Å². The lowest BCUT2D eigenvalue weighted by Crippen LogP contribution is -2.28. The van der Waals surface area contributed by atoms with Crippen molar-refractivity contribution in [2.24, 2.45) is 0 Å². The minimum Gasteiger partial charge on any atom is -0.307 e. The van der Waals surface area contributed by atoms with Gasteiger partial charge in [-0.2, -0.15) is 0 Å². The molecule has 1 aliphatic rings. The van der Waals surface area contributed by atoms with E-state index in [0.29, 0.717) is 27.7 Å². The first-order valence-corrected chi connectivity index (χ1v) is 11.2. The van der Waals surface area contributed by atoms with Crippen LogP contribution in [0.2, 0.25) is 0 Å². The van der Waals surface area contributed by atoms with Crippen LogP contribution in [0.3, 0.4) is 0 Å². The van der Waals surface area contributed by atoms with Crippen LogP contribution in [0.4, 0.5) is 11.4 Å². The molecule has 0 unspecified atom stereocenters. The molecule has 1 amide bonds. The van der Waals surface area contributed by atoms with Gasteiger partial charge in [0.15, 0.2) is 0 Å². The average Bonchev–Trinajstić information content (AvgIpc) is 3.34. The summed E-state index contributed by atoms with van der Waals surface area (Å²) >= 11 is 2.66. The van der Waals surface area contributed by atoms with Crippen LogP contribution in [0, 0.1) is 6.92 Å². The molecule has 0 atom stereocenters. The van der Waals surface area contributed by atoms with E-state index in [0.717, 1.165) is 16.1 Å². The number of sulfonamides is 1. The summed E-state index contributed by atoms with van der Waals surface area (Å²) in [4.78, 5) is 16.0. The number of benzene rings is 1. The van der Waals surface area contributed by atoms with Gasteiger partial charge in [0.05, 0.1) is 4.88 Å². The Kier molecular flexibility index (Phi) is 4.34. The Bertz CT molecular complexity index is 1070.